The normalized spacial score (nSPS) is 11.3. The second-order valence-corrected chi connectivity index (χ2v) is 3.95. The number of aromatic hydroxyl groups is 1. The molecule has 1 aromatic rings. The second kappa shape index (κ2) is 3.98. The SMILES string of the molecule is COc1cc(O)c(C(C)(C)N)cc1OC. The molecule has 0 atom stereocenters. The van der Waals surface area contributed by atoms with E-state index in [-0.39, 0.29) is 5.75 Å². The molecule has 0 aliphatic carbocycles. The third-order valence-corrected chi connectivity index (χ3v) is 2.20. The predicted molar refractivity (Wildman–Crippen MR) is 58.4 cm³/mol. The molecule has 4 nitrogen and oxygen atoms in total. The zero-order valence-corrected chi connectivity index (χ0v) is 9.50. The average molecular weight is 211 g/mol. The van der Waals surface area contributed by atoms with Gasteiger partial charge in [-0.05, 0) is 19.9 Å². The highest BCUT2D eigenvalue weighted by molar-refractivity contribution is 5.52. The van der Waals surface area contributed by atoms with E-state index in [1.165, 1.54) is 13.2 Å². The summed E-state index contributed by atoms with van der Waals surface area (Å²) >= 11 is 0. The van der Waals surface area contributed by atoms with Crippen LogP contribution in [0.1, 0.15) is 19.4 Å². The maximum absolute atomic E-state index is 9.76. The van der Waals surface area contributed by atoms with E-state index in [9.17, 15) is 5.11 Å². The lowest BCUT2D eigenvalue weighted by atomic mass is 9.94. The molecule has 0 fully saturated rings. The first-order chi connectivity index (χ1) is 6.90. The average Bonchev–Trinajstić information content (AvgIpc) is 2.15. The van der Waals surface area contributed by atoms with E-state index in [1.807, 2.05) is 13.8 Å². The number of hydrogen-bond acceptors (Lipinski definition) is 4. The van der Waals surface area contributed by atoms with Crippen LogP contribution in [0, 0.1) is 0 Å². The number of nitrogens with two attached hydrogens (primary N) is 1. The molecule has 0 saturated carbocycles. The molecule has 84 valence electrons. The maximum Gasteiger partial charge on any atom is 0.164 e. The van der Waals surface area contributed by atoms with E-state index in [1.54, 1.807) is 13.2 Å². The molecule has 1 aromatic carbocycles. The minimum absolute atomic E-state index is 0.111. The number of phenolic OH excluding ortho intramolecular Hbond substituents is 1. The van der Waals surface area contributed by atoms with Crippen LogP contribution in [-0.4, -0.2) is 19.3 Å². The summed E-state index contributed by atoms with van der Waals surface area (Å²) in [6.45, 7) is 3.63. The first kappa shape index (κ1) is 11.7. The van der Waals surface area contributed by atoms with Gasteiger partial charge in [-0.1, -0.05) is 0 Å². The minimum Gasteiger partial charge on any atom is -0.507 e. The van der Waals surface area contributed by atoms with E-state index in [4.69, 9.17) is 15.2 Å². The lowest BCUT2D eigenvalue weighted by Gasteiger charge is -2.22. The molecule has 0 radical (unpaired) electrons. The molecule has 0 aromatic heterocycles. The van der Waals surface area contributed by atoms with E-state index in [0.29, 0.717) is 17.1 Å². The Hall–Kier alpha value is -1.42. The summed E-state index contributed by atoms with van der Waals surface area (Å²) in [5.74, 6) is 1.16. The summed E-state index contributed by atoms with van der Waals surface area (Å²) in [6, 6.07) is 3.19. The first-order valence-corrected chi connectivity index (χ1v) is 4.64. The Bertz CT molecular complexity index is 356. The van der Waals surface area contributed by atoms with Crippen molar-refractivity contribution in [3.63, 3.8) is 0 Å². The number of ether oxygens (including phenoxy) is 2. The molecular weight excluding hydrogens is 194 g/mol. The van der Waals surface area contributed by atoms with Crippen molar-refractivity contribution in [1.82, 2.24) is 0 Å². The Balaban J connectivity index is 3.32. The molecule has 0 aliphatic heterocycles. The van der Waals surface area contributed by atoms with Gasteiger partial charge in [0.2, 0.25) is 0 Å². The van der Waals surface area contributed by atoms with E-state index in [0.717, 1.165) is 0 Å². The molecule has 0 heterocycles. The van der Waals surface area contributed by atoms with Gasteiger partial charge in [-0.15, -0.1) is 0 Å². The quantitative estimate of drug-likeness (QED) is 0.797. The molecule has 0 bridgehead atoms. The molecule has 1 rings (SSSR count). The van der Waals surface area contributed by atoms with Gasteiger partial charge in [-0.25, -0.2) is 0 Å². The zero-order chi connectivity index (χ0) is 11.6. The van der Waals surface area contributed by atoms with Gasteiger partial charge >= 0.3 is 0 Å². The van der Waals surface area contributed by atoms with E-state index in [2.05, 4.69) is 0 Å². The second-order valence-electron chi connectivity index (χ2n) is 3.95. The van der Waals surface area contributed by atoms with Crippen molar-refractivity contribution >= 4 is 0 Å². The maximum atomic E-state index is 9.76. The number of rotatable bonds is 3. The van der Waals surface area contributed by atoms with Crippen LogP contribution >= 0.6 is 0 Å². The van der Waals surface area contributed by atoms with Gasteiger partial charge in [-0.3, -0.25) is 0 Å². The Morgan fingerprint density at radius 2 is 1.60 bits per heavy atom. The lowest BCUT2D eigenvalue weighted by Crippen LogP contribution is -2.28. The molecule has 4 heteroatoms. The molecule has 3 N–H and O–H groups in total. The smallest absolute Gasteiger partial charge is 0.164 e. The molecule has 0 aliphatic rings. The number of benzene rings is 1. The van der Waals surface area contributed by atoms with Gasteiger partial charge in [-0.2, -0.15) is 0 Å². The van der Waals surface area contributed by atoms with Crippen molar-refractivity contribution in [1.29, 1.82) is 0 Å². The Morgan fingerprint density at radius 3 is 2.00 bits per heavy atom. The number of methoxy groups -OCH3 is 2. The van der Waals surface area contributed by atoms with Gasteiger partial charge in [0, 0.05) is 17.2 Å². The first-order valence-electron chi connectivity index (χ1n) is 4.64. The summed E-state index contributed by atoms with van der Waals surface area (Å²) in [6.07, 6.45) is 0. The van der Waals surface area contributed by atoms with Gasteiger partial charge in [0.25, 0.3) is 0 Å². The third kappa shape index (κ3) is 2.33. The minimum atomic E-state index is -0.621. The van der Waals surface area contributed by atoms with Crippen LogP contribution in [0.25, 0.3) is 0 Å². The molecule has 15 heavy (non-hydrogen) atoms. The monoisotopic (exact) mass is 211 g/mol. The van der Waals surface area contributed by atoms with Crippen molar-refractivity contribution in [3.05, 3.63) is 17.7 Å². The van der Waals surface area contributed by atoms with E-state index >= 15 is 0 Å². The summed E-state index contributed by atoms with van der Waals surface area (Å²) in [5.41, 5.74) is 5.92. The fourth-order valence-corrected chi connectivity index (χ4v) is 1.38. The highest BCUT2D eigenvalue weighted by Gasteiger charge is 2.21. The van der Waals surface area contributed by atoms with Crippen LogP contribution in [-0.2, 0) is 5.54 Å². The van der Waals surface area contributed by atoms with Gasteiger partial charge in [0.05, 0.1) is 14.2 Å². The van der Waals surface area contributed by atoms with Gasteiger partial charge < -0.3 is 20.3 Å². The fourth-order valence-electron chi connectivity index (χ4n) is 1.38. The van der Waals surface area contributed by atoms with Crippen LogP contribution in [0.15, 0.2) is 12.1 Å². The fraction of sp³-hybridized carbons (Fsp3) is 0.455. The molecule has 0 unspecified atom stereocenters. The Kier molecular flexibility index (Phi) is 3.09. The van der Waals surface area contributed by atoms with Crippen molar-refractivity contribution in [2.24, 2.45) is 5.73 Å². The molecule has 0 spiro atoms. The summed E-state index contributed by atoms with van der Waals surface area (Å²) in [7, 11) is 3.06. The van der Waals surface area contributed by atoms with Crippen molar-refractivity contribution < 1.29 is 14.6 Å². The zero-order valence-electron chi connectivity index (χ0n) is 9.50. The van der Waals surface area contributed by atoms with Crippen molar-refractivity contribution in [3.8, 4) is 17.2 Å². The lowest BCUT2D eigenvalue weighted by molar-refractivity contribution is 0.347. The summed E-state index contributed by atoms with van der Waals surface area (Å²) in [4.78, 5) is 0. The van der Waals surface area contributed by atoms with Crippen LogP contribution in [0.3, 0.4) is 0 Å². The molecule has 0 amide bonds. The van der Waals surface area contributed by atoms with Crippen LogP contribution in [0.2, 0.25) is 0 Å². The van der Waals surface area contributed by atoms with Crippen LogP contribution in [0.4, 0.5) is 0 Å². The van der Waals surface area contributed by atoms with Crippen molar-refractivity contribution in [2.75, 3.05) is 14.2 Å². The van der Waals surface area contributed by atoms with Crippen LogP contribution < -0.4 is 15.2 Å². The van der Waals surface area contributed by atoms with Gasteiger partial charge in [0.15, 0.2) is 11.5 Å². The Labute approximate surface area is 89.6 Å². The van der Waals surface area contributed by atoms with Crippen molar-refractivity contribution in [2.45, 2.75) is 19.4 Å². The number of phenols is 1. The molecular formula is C11H17NO3. The Morgan fingerprint density at radius 1 is 1.13 bits per heavy atom. The third-order valence-electron chi connectivity index (χ3n) is 2.20. The summed E-state index contributed by atoms with van der Waals surface area (Å²) < 4.78 is 10.2. The largest absolute Gasteiger partial charge is 0.507 e. The number of hydrogen-bond donors (Lipinski definition) is 2. The predicted octanol–water partition coefficient (Wildman–Crippen LogP) is 1.60. The highest BCUT2D eigenvalue weighted by Crippen LogP contribution is 2.37. The standard InChI is InChI=1S/C11H17NO3/c1-11(2,12)7-5-9(14-3)10(15-4)6-8(7)13/h5-6,13H,12H2,1-4H3. The van der Waals surface area contributed by atoms with Crippen LogP contribution in [0.5, 0.6) is 17.2 Å². The highest BCUT2D eigenvalue weighted by atomic mass is 16.5. The summed E-state index contributed by atoms with van der Waals surface area (Å²) in [5, 5.41) is 9.76. The molecule has 0 saturated heterocycles. The van der Waals surface area contributed by atoms with Gasteiger partial charge in [0.1, 0.15) is 5.75 Å². The van der Waals surface area contributed by atoms with E-state index < -0.39 is 5.54 Å². The topological polar surface area (TPSA) is 64.7 Å².